The SMILES string of the molecule is CO[C@H]1COC(=O)[C@H](C)NC(=O)[C@@H](C)COC(=O)[C@H]2CCCN2C(=O)CC=C[C@H]1C. The van der Waals surface area contributed by atoms with Crippen molar-refractivity contribution < 1.29 is 33.4 Å². The zero-order chi connectivity index (χ0) is 22.3. The lowest BCUT2D eigenvalue weighted by Crippen LogP contribution is -2.45. The largest absolute Gasteiger partial charge is 0.463 e. The van der Waals surface area contributed by atoms with Crippen LogP contribution in [0.3, 0.4) is 0 Å². The first-order valence-electron chi connectivity index (χ1n) is 10.4. The first-order chi connectivity index (χ1) is 14.2. The minimum absolute atomic E-state index is 0.0242. The molecule has 0 aromatic rings. The summed E-state index contributed by atoms with van der Waals surface area (Å²) in [7, 11) is 1.52. The molecule has 0 radical (unpaired) electrons. The summed E-state index contributed by atoms with van der Waals surface area (Å²) in [6, 6.07) is -1.47. The maximum Gasteiger partial charge on any atom is 0.328 e. The number of carbonyl (C=O) groups is 4. The van der Waals surface area contributed by atoms with Crippen molar-refractivity contribution in [1.82, 2.24) is 10.2 Å². The summed E-state index contributed by atoms with van der Waals surface area (Å²) < 4.78 is 16.0. The van der Waals surface area contributed by atoms with Crippen molar-refractivity contribution in [2.75, 3.05) is 26.9 Å². The summed E-state index contributed by atoms with van der Waals surface area (Å²) in [4.78, 5) is 51.1. The molecular formula is C21H32N2O7. The van der Waals surface area contributed by atoms with Gasteiger partial charge >= 0.3 is 11.9 Å². The highest BCUT2D eigenvalue weighted by Gasteiger charge is 2.35. The molecule has 9 nitrogen and oxygen atoms in total. The summed E-state index contributed by atoms with van der Waals surface area (Å²) in [6.07, 6.45) is 4.61. The van der Waals surface area contributed by atoms with Crippen molar-refractivity contribution >= 4 is 23.8 Å². The van der Waals surface area contributed by atoms with E-state index in [9.17, 15) is 19.2 Å². The van der Waals surface area contributed by atoms with E-state index in [2.05, 4.69) is 5.32 Å². The second kappa shape index (κ2) is 11.1. The standard InChI is InChI=1S/C21H32N2O7/c1-13-7-5-9-18(24)23-10-6-8-16(23)21(27)29-11-14(2)19(25)22-15(3)20(26)30-12-17(13)28-4/h5,7,13-17H,6,8-12H2,1-4H3,(H,22,25)/t13-,14+,15+,16-,17+/m1/s1. The Bertz CT molecular complexity index is 678. The molecule has 2 amide bonds. The van der Waals surface area contributed by atoms with Crippen LogP contribution in [0.4, 0.5) is 0 Å². The highest BCUT2D eigenvalue weighted by molar-refractivity contribution is 5.87. The predicted octanol–water partition coefficient (Wildman–Crippen LogP) is 0.816. The Morgan fingerprint density at radius 1 is 1.07 bits per heavy atom. The average molecular weight is 424 g/mol. The number of fused-ring (bicyclic) bond motifs is 1. The molecule has 0 saturated carbocycles. The number of hydrogen-bond acceptors (Lipinski definition) is 7. The van der Waals surface area contributed by atoms with Crippen LogP contribution in [0.1, 0.15) is 40.0 Å². The summed E-state index contributed by atoms with van der Waals surface area (Å²) in [5, 5.41) is 2.57. The zero-order valence-electron chi connectivity index (χ0n) is 18.1. The number of esters is 2. The zero-order valence-corrected chi connectivity index (χ0v) is 18.1. The molecule has 0 bridgehead atoms. The smallest absolute Gasteiger partial charge is 0.328 e. The Balaban J connectivity index is 2.17. The van der Waals surface area contributed by atoms with E-state index in [1.54, 1.807) is 17.9 Å². The highest BCUT2D eigenvalue weighted by atomic mass is 16.6. The molecule has 1 saturated heterocycles. The molecule has 5 atom stereocenters. The summed E-state index contributed by atoms with van der Waals surface area (Å²) in [6.45, 7) is 5.43. The van der Waals surface area contributed by atoms with Gasteiger partial charge in [-0.3, -0.25) is 9.59 Å². The molecule has 2 rings (SSSR count). The van der Waals surface area contributed by atoms with Gasteiger partial charge in [0, 0.05) is 26.0 Å². The van der Waals surface area contributed by atoms with Crippen molar-refractivity contribution in [3.05, 3.63) is 12.2 Å². The van der Waals surface area contributed by atoms with Gasteiger partial charge in [0.15, 0.2) is 0 Å². The molecule has 0 aromatic carbocycles. The fraction of sp³-hybridized carbons (Fsp3) is 0.714. The molecule has 2 aliphatic heterocycles. The molecular weight excluding hydrogens is 392 g/mol. The lowest BCUT2D eigenvalue weighted by Gasteiger charge is -2.24. The average Bonchev–Trinajstić information content (AvgIpc) is 3.21. The Morgan fingerprint density at radius 3 is 2.47 bits per heavy atom. The van der Waals surface area contributed by atoms with Crippen LogP contribution in [0.5, 0.6) is 0 Å². The van der Waals surface area contributed by atoms with Crippen molar-refractivity contribution in [1.29, 1.82) is 0 Å². The molecule has 0 spiro atoms. The molecule has 2 aliphatic rings. The Kier molecular flexibility index (Phi) is 8.83. The highest BCUT2D eigenvalue weighted by Crippen LogP contribution is 2.20. The van der Waals surface area contributed by atoms with Crippen LogP contribution in [0.25, 0.3) is 0 Å². The number of cyclic esters (lactones) is 2. The van der Waals surface area contributed by atoms with E-state index in [1.807, 2.05) is 13.0 Å². The van der Waals surface area contributed by atoms with Gasteiger partial charge in [-0.05, 0) is 19.8 Å². The number of methoxy groups -OCH3 is 1. The van der Waals surface area contributed by atoms with E-state index in [0.29, 0.717) is 13.0 Å². The summed E-state index contributed by atoms with van der Waals surface area (Å²) in [5.74, 6) is -2.43. The predicted molar refractivity (Wildman–Crippen MR) is 107 cm³/mol. The topological polar surface area (TPSA) is 111 Å². The van der Waals surface area contributed by atoms with Gasteiger partial charge < -0.3 is 24.4 Å². The van der Waals surface area contributed by atoms with Crippen LogP contribution >= 0.6 is 0 Å². The first-order valence-corrected chi connectivity index (χ1v) is 10.4. The number of hydrogen-bond donors (Lipinski definition) is 1. The monoisotopic (exact) mass is 424 g/mol. The van der Waals surface area contributed by atoms with Gasteiger partial charge in [0.2, 0.25) is 11.8 Å². The fourth-order valence-electron chi connectivity index (χ4n) is 3.45. The van der Waals surface area contributed by atoms with E-state index >= 15 is 0 Å². The molecule has 0 unspecified atom stereocenters. The van der Waals surface area contributed by atoms with Crippen LogP contribution in [-0.4, -0.2) is 73.7 Å². The third-order valence-corrected chi connectivity index (χ3v) is 5.49. The number of rotatable bonds is 1. The van der Waals surface area contributed by atoms with Crippen LogP contribution in [0.15, 0.2) is 12.2 Å². The molecule has 30 heavy (non-hydrogen) atoms. The van der Waals surface area contributed by atoms with Gasteiger partial charge in [-0.15, -0.1) is 0 Å². The molecule has 9 heteroatoms. The molecule has 0 aliphatic carbocycles. The number of nitrogens with zero attached hydrogens (tertiary/aromatic N) is 1. The number of amides is 2. The van der Waals surface area contributed by atoms with Gasteiger partial charge in [0.1, 0.15) is 25.3 Å². The van der Waals surface area contributed by atoms with Gasteiger partial charge in [-0.1, -0.05) is 26.0 Å². The molecule has 0 aromatic heterocycles. The van der Waals surface area contributed by atoms with Crippen LogP contribution in [0.2, 0.25) is 0 Å². The third-order valence-electron chi connectivity index (χ3n) is 5.49. The van der Waals surface area contributed by atoms with Gasteiger partial charge in [-0.2, -0.15) is 0 Å². The van der Waals surface area contributed by atoms with Crippen molar-refractivity contribution in [2.24, 2.45) is 11.8 Å². The molecule has 1 N–H and O–H groups in total. The number of nitrogens with one attached hydrogen (secondary N) is 1. The van der Waals surface area contributed by atoms with E-state index in [1.165, 1.54) is 14.0 Å². The van der Waals surface area contributed by atoms with Gasteiger partial charge in [0.05, 0.1) is 12.0 Å². The van der Waals surface area contributed by atoms with Crippen LogP contribution in [-0.2, 0) is 33.4 Å². The van der Waals surface area contributed by atoms with Crippen LogP contribution in [0, 0.1) is 11.8 Å². The summed E-state index contributed by atoms with van der Waals surface area (Å²) >= 11 is 0. The van der Waals surface area contributed by atoms with Crippen molar-refractivity contribution in [3.63, 3.8) is 0 Å². The lowest BCUT2D eigenvalue weighted by molar-refractivity contribution is -0.156. The maximum atomic E-state index is 12.6. The van der Waals surface area contributed by atoms with Gasteiger partial charge in [0.25, 0.3) is 0 Å². The minimum Gasteiger partial charge on any atom is -0.463 e. The number of carbonyl (C=O) groups excluding carboxylic acids is 4. The summed E-state index contributed by atoms with van der Waals surface area (Å²) in [5.41, 5.74) is 0. The Morgan fingerprint density at radius 2 is 1.77 bits per heavy atom. The third kappa shape index (κ3) is 6.29. The number of ether oxygens (including phenoxy) is 3. The Hall–Kier alpha value is -2.42. The van der Waals surface area contributed by atoms with Gasteiger partial charge in [-0.25, -0.2) is 9.59 Å². The Labute approximate surface area is 177 Å². The van der Waals surface area contributed by atoms with E-state index in [-0.39, 0.29) is 31.5 Å². The van der Waals surface area contributed by atoms with Crippen molar-refractivity contribution in [2.45, 2.75) is 58.2 Å². The first kappa shape index (κ1) is 23.9. The van der Waals surface area contributed by atoms with Crippen molar-refractivity contribution in [3.8, 4) is 0 Å². The quantitative estimate of drug-likeness (QED) is 0.490. The van der Waals surface area contributed by atoms with E-state index in [0.717, 1.165) is 6.42 Å². The molecule has 1 fully saturated rings. The minimum atomic E-state index is -0.846. The fourth-order valence-corrected chi connectivity index (χ4v) is 3.45. The normalized spacial score (nSPS) is 32.5. The molecule has 168 valence electrons. The lowest BCUT2D eigenvalue weighted by atomic mass is 10.0. The maximum absolute atomic E-state index is 12.6. The van der Waals surface area contributed by atoms with Crippen LogP contribution < -0.4 is 5.32 Å². The van der Waals surface area contributed by atoms with E-state index in [4.69, 9.17) is 14.2 Å². The van der Waals surface area contributed by atoms with E-state index < -0.39 is 42.0 Å². The molecule has 2 heterocycles. The second-order valence-electron chi connectivity index (χ2n) is 7.90. The second-order valence-corrected chi connectivity index (χ2v) is 7.90.